The highest BCUT2D eigenvalue weighted by atomic mass is 32.2. The van der Waals surface area contributed by atoms with Crippen molar-refractivity contribution in [2.75, 3.05) is 0 Å². The van der Waals surface area contributed by atoms with Gasteiger partial charge >= 0.3 is 11.4 Å². The van der Waals surface area contributed by atoms with E-state index in [0.717, 1.165) is 16.7 Å². The lowest BCUT2D eigenvalue weighted by Gasteiger charge is -2.40. The Morgan fingerprint density at radius 3 is 2.08 bits per heavy atom. The van der Waals surface area contributed by atoms with Crippen LogP contribution in [0.15, 0.2) is 84.9 Å². The molecule has 4 heteroatoms. The van der Waals surface area contributed by atoms with Crippen LogP contribution in [-0.4, -0.2) is 4.21 Å². The molecule has 1 aliphatic rings. The molecule has 0 bridgehead atoms. The highest BCUT2D eigenvalue weighted by Gasteiger charge is 2.45. The van der Waals surface area contributed by atoms with Gasteiger partial charge in [0.2, 0.25) is 0 Å². The average Bonchev–Trinajstić information content (AvgIpc) is 2.69. The molecule has 0 N–H and O–H groups in total. The van der Waals surface area contributed by atoms with E-state index in [1.54, 1.807) is 0 Å². The summed E-state index contributed by atoms with van der Waals surface area (Å²) in [6.45, 7) is 2.05. The van der Waals surface area contributed by atoms with Crippen LogP contribution in [0.4, 0.5) is 0 Å². The highest BCUT2D eigenvalue weighted by molar-refractivity contribution is 7.75. The Balaban J connectivity index is 1.84. The van der Waals surface area contributed by atoms with Crippen molar-refractivity contribution in [2.45, 2.75) is 25.0 Å². The van der Waals surface area contributed by atoms with E-state index in [9.17, 15) is 4.21 Å². The van der Waals surface area contributed by atoms with Crippen molar-refractivity contribution in [3.63, 3.8) is 0 Å². The minimum absolute atomic E-state index is 0.313. The molecule has 132 valence electrons. The van der Waals surface area contributed by atoms with Gasteiger partial charge in [-0.25, -0.2) is 0 Å². The normalized spacial score (nSPS) is 25.7. The van der Waals surface area contributed by atoms with Crippen LogP contribution >= 0.6 is 0 Å². The second-order valence-electron chi connectivity index (χ2n) is 6.55. The summed E-state index contributed by atoms with van der Waals surface area (Å²) < 4.78 is 24.2. The molecule has 3 aromatic rings. The summed E-state index contributed by atoms with van der Waals surface area (Å²) in [6.07, 6.45) is 0.239. The average molecular weight is 364 g/mol. The SMILES string of the molecule is Cc1ccc(C2(c3ccccc3)CC(c3ccccc3)OS(=O)O2)cc1. The van der Waals surface area contributed by atoms with E-state index < -0.39 is 17.0 Å². The molecule has 1 saturated heterocycles. The van der Waals surface area contributed by atoms with Crippen molar-refractivity contribution in [3.8, 4) is 0 Å². The molecule has 0 amide bonds. The molecule has 1 fully saturated rings. The summed E-state index contributed by atoms with van der Waals surface area (Å²) in [5.41, 5.74) is 3.30. The quantitative estimate of drug-likeness (QED) is 0.656. The number of rotatable bonds is 3. The summed E-state index contributed by atoms with van der Waals surface area (Å²) in [6, 6.07) is 28.1. The lowest BCUT2D eigenvalue weighted by molar-refractivity contribution is 0.00155. The molecule has 0 radical (unpaired) electrons. The van der Waals surface area contributed by atoms with Crippen molar-refractivity contribution in [1.29, 1.82) is 0 Å². The van der Waals surface area contributed by atoms with E-state index in [1.807, 2.05) is 72.8 Å². The Bertz CT molecular complexity index is 894. The molecule has 3 aromatic carbocycles. The monoisotopic (exact) mass is 364 g/mol. The van der Waals surface area contributed by atoms with E-state index in [1.165, 1.54) is 5.56 Å². The fraction of sp³-hybridized carbons (Fsp3) is 0.182. The topological polar surface area (TPSA) is 35.5 Å². The number of aryl methyl sites for hydroxylation is 1. The van der Waals surface area contributed by atoms with Gasteiger partial charge < -0.3 is 0 Å². The van der Waals surface area contributed by atoms with Gasteiger partial charge in [0.25, 0.3) is 0 Å². The Kier molecular flexibility index (Phi) is 4.72. The lowest BCUT2D eigenvalue weighted by atomic mass is 9.80. The maximum absolute atomic E-state index is 12.5. The van der Waals surface area contributed by atoms with Crippen LogP contribution in [0.2, 0.25) is 0 Å². The van der Waals surface area contributed by atoms with Crippen molar-refractivity contribution in [2.24, 2.45) is 0 Å². The molecule has 3 atom stereocenters. The fourth-order valence-electron chi connectivity index (χ4n) is 3.43. The lowest BCUT2D eigenvalue weighted by Crippen LogP contribution is -2.39. The Labute approximate surface area is 156 Å². The molecular formula is C22H20O3S. The van der Waals surface area contributed by atoms with Crippen molar-refractivity contribution >= 4 is 11.4 Å². The van der Waals surface area contributed by atoms with Gasteiger partial charge in [0, 0.05) is 6.42 Å². The molecule has 3 nitrogen and oxygen atoms in total. The first-order valence-corrected chi connectivity index (χ1v) is 9.63. The predicted octanol–water partition coefficient (Wildman–Crippen LogP) is 5.00. The third kappa shape index (κ3) is 3.23. The van der Waals surface area contributed by atoms with Crippen LogP contribution in [0.3, 0.4) is 0 Å². The van der Waals surface area contributed by atoms with E-state index >= 15 is 0 Å². The Morgan fingerprint density at radius 2 is 1.42 bits per heavy atom. The van der Waals surface area contributed by atoms with Crippen LogP contribution in [0.1, 0.15) is 34.8 Å². The van der Waals surface area contributed by atoms with Gasteiger partial charge in [-0.1, -0.05) is 90.5 Å². The van der Waals surface area contributed by atoms with Gasteiger partial charge in [-0.3, -0.25) is 8.37 Å². The minimum atomic E-state index is -1.85. The van der Waals surface area contributed by atoms with Gasteiger partial charge in [-0.15, -0.1) is 0 Å². The molecule has 1 aliphatic heterocycles. The van der Waals surface area contributed by atoms with E-state index in [4.69, 9.17) is 8.37 Å². The standard InChI is InChI=1S/C22H20O3S/c1-17-12-14-20(15-13-17)22(19-10-6-3-7-11-19)16-21(24-26(23)25-22)18-8-4-2-5-9-18/h2-15,21H,16H2,1H3. The molecule has 0 aliphatic carbocycles. The molecular weight excluding hydrogens is 344 g/mol. The van der Waals surface area contributed by atoms with Crippen LogP contribution in [-0.2, 0) is 25.3 Å². The third-order valence-electron chi connectivity index (χ3n) is 4.81. The van der Waals surface area contributed by atoms with Crippen molar-refractivity contribution in [1.82, 2.24) is 0 Å². The zero-order valence-electron chi connectivity index (χ0n) is 14.5. The highest BCUT2D eigenvalue weighted by Crippen LogP contribution is 2.47. The van der Waals surface area contributed by atoms with Crippen LogP contribution < -0.4 is 0 Å². The summed E-state index contributed by atoms with van der Waals surface area (Å²) in [5.74, 6) is 0. The number of hydrogen-bond donors (Lipinski definition) is 0. The second-order valence-corrected chi connectivity index (χ2v) is 7.31. The molecule has 3 unspecified atom stereocenters. The van der Waals surface area contributed by atoms with Gasteiger partial charge in [-0.2, -0.15) is 4.21 Å². The molecule has 1 heterocycles. The molecule has 0 saturated carbocycles. The van der Waals surface area contributed by atoms with E-state index in [-0.39, 0.29) is 6.10 Å². The largest absolute Gasteiger partial charge is 0.306 e. The predicted molar refractivity (Wildman–Crippen MR) is 103 cm³/mol. The maximum atomic E-state index is 12.5. The minimum Gasteiger partial charge on any atom is -0.260 e. The first-order valence-electron chi connectivity index (χ1n) is 8.63. The van der Waals surface area contributed by atoms with Gasteiger partial charge in [0.15, 0.2) is 0 Å². The number of benzene rings is 3. The number of hydrogen-bond acceptors (Lipinski definition) is 3. The third-order valence-corrected chi connectivity index (χ3v) is 5.62. The second kappa shape index (κ2) is 7.16. The van der Waals surface area contributed by atoms with E-state index in [0.29, 0.717) is 6.42 Å². The fourth-order valence-corrected chi connectivity index (χ4v) is 4.33. The van der Waals surface area contributed by atoms with E-state index in [2.05, 4.69) is 19.1 Å². The molecule has 0 spiro atoms. The van der Waals surface area contributed by atoms with Crippen LogP contribution in [0.25, 0.3) is 0 Å². The zero-order chi connectivity index (χ0) is 18.0. The zero-order valence-corrected chi connectivity index (χ0v) is 15.3. The van der Waals surface area contributed by atoms with Gasteiger partial charge in [0.1, 0.15) is 11.7 Å². The first kappa shape index (κ1) is 17.2. The molecule has 0 aromatic heterocycles. The van der Waals surface area contributed by atoms with Crippen molar-refractivity contribution < 1.29 is 12.6 Å². The molecule has 4 rings (SSSR count). The van der Waals surface area contributed by atoms with Crippen LogP contribution in [0.5, 0.6) is 0 Å². The Hall–Kier alpha value is -2.27. The van der Waals surface area contributed by atoms with Gasteiger partial charge in [0.05, 0.1) is 0 Å². The summed E-state index contributed by atoms with van der Waals surface area (Å²) >= 11 is -1.85. The molecule has 26 heavy (non-hydrogen) atoms. The summed E-state index contributed by atoms with van der Waals surface area (Å²) in [7, 11) is 0. The van der Waals surface area contributed by atoms with Crippen molar-refractivity contribution in [3.05, 3.63) is 107 Å². The van der Waals surface area contributed by atoms with Gasteiger partial charge in [-0.05, 0) is 23.6 Å². The Morgan fingerprint density at radius 1 is 0.846 bits per heavy atom. The van der Waals surface area contributed by atoms with Crippen LogP contribution in [0, 0.1) is 6.92 Å². The smallest absolute Gasteiger partial charge is 0.260 e. The maximum Gasteiger partial charge on any atom is 0.306 e. The summed E-state index contributed by atoms with van der Waals surface area (Å²) in [5, 5.41) is 0. The first-order chi connectivity index (χ1) is 12.7. The summed E-state index contributed by atoms with van der Waals surface area (Å²) in [4.78, 5) is 0.